The molecule has 3 aromatic heterocycles. The maximum absolute atomic E-state index is 12.9. The molecule has 0 unspecified atom stereocenters. The van der Waals surface area contributed by atoms with E-state index in [0.717, 1.165) is 40.2 Å². The molecule has 0 spiro atoms. The lowest BCUT2D eigenvalue weighted by molar-refractivity contribution is 0.171. The SMILES string of the molecule is CCn1c(-c2ccc3c(c2)OCCO3)cnc1SCCCn1c(=O)c2c(ncn2C)n(C)c1=O. The summed E-state index contributed by atoms with van der Waals surface area (Å²) in [6.07, 6.45) is 4.07. The number of ether oxygens (including phenoxy) is 2. The topological polar surface area (TPSA) is 98.1 Å². The summed E-state index contributed by atoms with van der Waals surface area (Å²) in [7, 11) is 3.39. The van der Waals surface area contributed by atoms with Crippen LogP contribution in [0.1, 0.15) is 13.3 Å². The Balaban J connectivity index is 1.31. The van der Waals surface area contributed by atoms with Crippen molar-refractivity contribution in [1.29, 1.82) is 0 Å². The van der Waals surface area contributed by atoms with E-state index in [4.69, 9.17) is 9.47 Å². The van der Waals surface area contributed by atoms with Gasteiger partial charge in [0.15, 0.2) is 27.8 Å². The molecule has 11 heteroatoms. The van der Waals surface area contributed by atoms with E-state index >= 15 is 0 Å². The molecule has 0 bridgehead atoms. The second-order valence-electron chi connectivity index (χ2n) is 8.06. The maximum atomic E-state index is 12.9. The first kappa shape index (κ1) is 22.3. The third-order valence-corrected chi connectivity index (χ3v) is 7.01. The van der Waals surface area contributed by atoms with Gasteiger partial charge in [0.1, 0.15) is 13.2 Å². The highest BCUT2D eigenvalue weighted by Gasteiger charge is 2.17. The number of hydrogen-bond acceptors (Lipinski definition) is 7. The normalized spacial score (nSPS) is 13.0. The molecular weight excluding hydrogens is 456 g/mol. The van der Waals surface area contributed by atoms with E-state index in [2.05, 4.69) is 21.5 Å². The summed E-state index contributed by atoms with van der Waals surface area (Å²) in [6.45, 7) is 4.29. The first-order valence-electron chi connectivity index (χ1n) is 11.2. The third-order valence-electron chi connectivity index (χ3n) is 5.93. The first-order valence-corrected chi connectivity index (χ1v) is 12.2. The number of thioether (sulfide) groups is 1. The Bertz CT molecular complexity index is 1480. The quantitative estimate of drug-likeness (QED) is 0.294. The summed E-state index contributed by atoms with van der Waals surface area (Å²) in [5.41, 5.74) is 2.20. The fourth-order valence-corrected chi connectivity index (χ4v) is 5.16. The third kappa shape index (κ3) is 3.79. The van der Waals surface area contributed by atoms with Crippen LogP contribution in [0, 0.1) is 0 Å². The highest BCUT2D eigenvalue weighted by atomic mass is 32.2. The molecule has 0 aliphatic carbocycles. The van der Waals surface area contributed by atoms with Crippen LogP contribution in [0.4, 0.5) is 0 Å². The smallest absolute Gasteiger partial charge is 0.332 e. The van der Waals surface area contributed by atoms with Gasteiger partial charge >= 0.3 is 5.69 Å². The molecule has 0 radical (unpaired) electrons. The van der Waals surface area contributed by atoms with Gasteiger partial charge in [0, 0.05) is 38.5 Å². The van der Waals surface area contributed by atoms with Crippen LogP contribution in [-0.4, -0.2) is 47.2 Å². The Morgan fingerprint density at radius 1 is 1.06 bits per heavy atom. The van der Waals surface area contributed by atoms with Gasteiger partial charge in [-0.2, -0.15) is 0 Å². The Labute approximate surface area is 199 Å². The number of imidazole rings is 2. The second-order valence-corrected chi connectivity index (χ2v) is 9.12. The molecule has 4 aromatic rings. The van der Waals surface area contributed by atoms with Gasteiger partial charge in [-0.3, -0.25) is 13.9 Å². The fraction of sp³-hybridized carbons (Fsp3) is 0.391. The molecule has 0 amide bonds. The molecule has 1 aliphatic heterocycles. The molecule has 0 saturated carbocycles. The van der Waals surface area contributed by atoms with E-state index in [1.165, 1.54) is 9.13 Å². The molecule has 0 atom stereocenters. The van der Waals surface area contributed by atoms with E-state index in [9.17, 15) is 9.59 Å². The van der Waals surface area contributed by atoms with E-state index in [-0.39, 0.29) is 11.2 Å². The van der Waals surface area contributed by atoms with E-state index < -0.39 is 0 Å². The lowest BCUT2D eigenvalue weighted by atomic mass is 10.1. The predicted molar refractivity (Wildman–Crippen MR) is 130 cm³/mol. The van der Waals surface area contributed by atoms with Gasteiger partial charge < -0.3 is 18.6 Å². The molecule has 178 valence electrons. The molecule has 34 heavy (non-hydrogen) atoms. The van der Waals surface area contributed by atoms with Crippen molar-refractivity contribution in [3.8, 4) is 22.8 Å². The average molecular weight is 483 g/mol. The summed E-state index contributed by atoms with van der Waals surface area (Å²) in [4.78, 5) is 34.3. The molecule has 1 aliphatic rings. The summed E-state index contributed by atoms with van der Waals surface area (Å²) in [5.74, 6) is 2.23. The van der Waals surface area contributed by atoms with Gasteiger partial charge in [0.2, 0.25) is 0 Å². The van der Waals surface area contributed by atoms with Crippen molar-refractivity contribution in [2.24, 2.45) is 14.1 Å². The highest BCUT2D eigenvalue weighted by molar-refractivity contribution is 7.99. The Kier molecular flexibility index (Phi) is 5.94. The minimum atomic E-state index is -0.350. The zero-order valence-electron chi connectivity index (χ0n) is 19.4. The molecule has 0 N–H and O–H groups in total. The summed E-state index contributed by atoms with van der Waals surface area (Å²) in [6, 6.07) is 5.94. The predicted octanol–water partition coefficient (Wildman–Crippen LogP) is 2.27. The average Bonchev–Trinajstić information content (AvgIpc) is 3.45. The minimum Gasteiger partial charge on any atom is -0.486 e. The van der Waals surface area contributed by atoms with E-state index in [1.807, 2.05) is 24.4 Å². The van der Waals surface area contributed by atoms with Gasteiger partial charge in [-0.05, 0) is 31.5 Å². The van der Waals surface area contributed by atoms with Crippen molar-refractivity contribution < 1.29 is 9.47 Å². The second kappa shape index (κ2) is 9.05. The van der Waals surface area contributed by atoms with Crippen molar-refractivity contribution in [2.45, 2.75) is 31.6 Å². The van der Waals surface area contributed by atoms with Crippen LogP contribution in [0.3, 0.4) is 0 Å². The van der Waals surface area contributed by atoms with E-state index in [0.29, 0.717) is 37.3 Å². The van der Waals surface area contributed by atoms with E-state index in [1.54, 1.807) is 36.8 Å². The van der Waals surface area contributed by atoms with Gasteiger partial charge in [0.05, 0.1) is 18.2 Å². The molecular formula is C23H26N6O4S. The van der Waals surface area contributed by atoms with Crippen LogP contribution in [0.5, 0.6) is 11.5 Å². The largest absolute Gasteiger partial charge is 0.486 e. The number of nitrogens with zero attached hydrogens (tertiary/aromatic N) is 6. The summed E-state index contributed by atoms with van der Waals surface area (Å²) >= 11 is 1.61. The minimum absolute atomic E-state index is 0.306. The van der Waals surface area contributed by atoms with Gasteiger partial charge in [-0.25, -0.2) is 14.8 Å². The first-order chi connectivity index (χ1) is 16.5. The number of rotatable bonds is 7. The van der Waals surface area contributed by atoms with Crippen LogP contribution in [0.2, 0.25) is 0 Å². The maximum Gasteiger partial charge on any atom is 0.332 e. The summed E-state index contributed by atoms with van der Waals surface area (Å²) < 4.78 is 17.9. The molecule has 5 rings (SSSR count). The number of aryl methyl sites for hydroxylation is 2. The van der Waals surface area contributed by atoms with Crippen molar-refractivity contribution in [2.75, 3.05) is 19.0 Å². The monoisotopic (exact) mass is 482 g/mol. The zero-order valence-corrected chi connectivity index (χ0v) is 20.2. The van der Waals surface area contributed by atoms with Crippen LogP contribution < -0.4 is 20.7 Å². The molecule has 0 fully saturated rings. The Hall–Kier alpha value is -3.47. The van der Waals surface area contributed by atoms with Crippen LogP contribution in [0.25, 0.3) is 22.4 Å². The van der Waals surface area contributed by atoms with Crippen LogP contribution >= 0.6 is 11.8 Å². The number of benzene rings is 1. The molecule has 1 aromatic carbocycles. The standard InChI is InChI=1S/C23H26N6O4S/c1-4-28-16(15-6-7-17-18(12-15)33-10-9-32-17)13-24-22(28)34-11-5-8-29-21(30)19-20(25-14-26(19)2)27(3)23(29)31/h6-7,12-14H,4-5,8-11H2,1-3H3. The van der Waals surface area contributed by atoms with Gasteiger partial charge in [-0.15, -0.1) is 0 Å². The number of fused-ring (bicyclic) bond motifs is 2. The van der Waals surface area contributed by atoms with Crippen molar-refractivity contribution in [3.05, 3.63) is 51.6 Å². The lowest BCUT2D eigenvalue weighted by Crippen LogP contribution is -2.39. The van der Waals surface area contributed by atoms with Gasteiger partial charge in [-0.1, -0.05) is 11.8 Å². The van der Waals surface area contributed by atoms with Crippen molar-refractivity contribution in [1.82, 2.24) is 28.2 Å². The Morgan fingerprint density at radius 2 is 1.85 bits per heavy atom. The van der Waals surface area contributed by atoms with Crippen molar-refractivity contribution in [3.63, 3.8) is 0 Å². The fourth-order valence-electron chi connectivity index (χ4n) is 4.19. The Morgan fingerprint density at radius 3 is 2.65 bits per heavy atom. The van der Waals surface area contributed by atoms with Gasteiger partial charge in [0.25, 0.3) is 5.56 Å². The van der Waals surface area contributed by atoms with Crippen LogP contribution in [0.15, 0.2) is 45.5 Å². The molecule has 4 heterocycles. The number of aromatic nitrogens is 6. The highest BCUT2D eigenvalue weighted by Crippen LogP contribution is 2.35. The molecule has 10 nitrogen and oxygen atoms in total. The van der Waals surface area contributed by atoms with Crippen LogP contribution in [-0.2, 0) is 27.2 Å². The zero-order chi connectivity index (χ0) is 23.8. The number of hydrogen-bond donors (Lipinski definition) is 0. The molecule has 0 saturated heterocycles. The summed E-state index contributed by atoms with van der Waals surface area (Å²) in [5, 5.41) is 0.898. The lowest BCUT2D eigenvalue weighted by Gasteiger charge is -2.19. The van der Waals surface area contributed by atoms with Crippen molar-refractivity contribution >= 4 is 22.9 Å².